The van der Waals surface area contributed by atoms with E-state index >= 15 is 0 Å². The first-order valence-corrected chi connectivity index (χ1v) is 8.71. The first-order valence-electron chi connectivity index (χ1n) is 8.71. The van der Waals surface area contributed by atoms with Crippen LogP contribution in [0, 0.1) is 0 Å². The Labute approximate surface area is 150 Å². The first-order chi connectivity index (χ1) is 12.5. The fourth-order valence-electron chi connectivity index (χ4n) is 3.59. The van der Waals surface area contributed by atoms with Crippen LogP contribution in [0.2, 0.25) is 0 Å². The molecule has 0 aromatic heterocycles. The van der Waals surface area contributed by atoms with Crippen molar-refractivity contribution in [2.75, 3.05) is 13.1 Å². The lowest BCUT2D eigenvalue weighted by atomic mass is 10.2. The standard InChI is InChI=1S/C17H22F2N6O/c1-10-16(17(26)22-13-3-2-11(18)8-20-13)25-14(21-10)4-5-15(23-25)24-7-6-12(19)9-24/h2-5,8,12-15,20-21,23H,6-7,9H2,1H3,(H,22,26)/t12-,13?,14?,15?/m0/s1. The highest BCUT2D eigenvalue weighted by molar-refractivity contribution is 5.94. The van der Waals surface area contributed by atoms with E-state index in [9.17, 15) is 13.6 Å². The van der Waals surface area contributed by atoms with Crippen LogP contribution in [0.25, 0.3) is 0 Å². The van der Waals surface area contributed by atoms with Crippen molar-refractivity contribution in [3.05, 3.63) is 47.7 Å². The molecule has 4 atom stereocenters. The Morgan fingerprint density at radius 2 is 2.12 bits per heavy atom. The van der Waals surface area contributed by atoms with E-state index in [4.69, 9.17) is 0 Å². The molecule has 4 heterocycles. The molecule has 3 unspecified atom stereocenters. The highest BCUT2D eigenvalue weighted by Gasteiger charge is 2.38. The van der Waals surface area contributed by atoms with Gasteiger partial charge in [-0.3, -0.25) is 14.7 Å². The number of hydrazine groups is 1. The number of halogens is 2. The van der Waals surface area contributed by atoms with Crippen LogP contribution in [0.15, 0.2) is 47.7 Å². The third-order valence-electron chi connectivity index (χ3n) is 4.89. The molecule has 0 spiro atoms. The van der Waals surface area contributed by atoms with E-state index in [0.717, 1.165) is 5.70 Å². The van der Waals surface area contributed by atoms with Crippen LogP contribution < -0.4 is 21.4 Å². The molecule has 7 nitrogen and oxygen atoms in total. The monoisotopic (exact) mass is 364 g/mol. The Morgan fingerprint density at radius 1 is 1.31 bits per heavy atom. The molecular formula is C17H22F2N6O. The highest BCUT2D eigenvalue weighted by atomic mass is 19.1. The number of likely N-dealkylation sites (tertiary alicyclic amines) is 1. The molecule has 0 saturated carbocycles. The van der Waals surface area contributed by atoms with Crippen molar-refractivity contribution < 1.29 is 13.6 Å². The Balaban J connectivity index is 1.45. The summed E-state index contributed by atoms with van der Waals surface area (Å²) in [6.45, 7) is 2.88. The fraction of sp³-hybridized carbons (Fsp3) is 0.471. The van der Waals surface area contributed by atoms with E-state index in [1.165, 1.54) is 12.3 Å². The van der Waals surface area contributed by atoms with Crippen LogP contribution >= 0.6 is 0 Å². The summed E-state index contributed by atoms with van der Waals surface area (Å²) in [7, 11) is 0. The number of nitrogens with zero attached hydrogens (tertiary/aromatic N) is 2. The summed E-state index contributed by atoms with van der Waals surface area (Å²) in [6.07, 6.45) is 6.90. The molecule has 4 aliphatic heterocycles. The maximum absolute atomic E-state index is 13.5. The van der Waals surface area contributed by atoms with Crippen LogP contribution in [0.1, 0.15) is 13.3 Å². The maximum Gasteiger partial charge on any atom is 0.272 e. The third-order valence-corrected chi connectivity index (χ3v) is 4.89. The van der Waals surface area contributed by atoms with Gasteiger partial charge in [0.1, 0.15) is 30.0 Å². The van der Waals surface area contributed by atoms with Crippen LogP contribution in [0.3, 0.4) is 0 Å². The van der Waals surface area contributed by atoms with Crippen molar-refractivity contribution in [1.82, 2.24) is 31.3 Å². The largest absolute Gasteiger partial charge is 0.366 e. The minimum absolute atomic E-state index is 0.160. The summed E-state index contributed by atoms with van der Waals surface area (Å²) in [5, 5.41) is 10.6. The number of dihydropyridines is 1. The Bertz CT molecular complexity index is 718. The van der Waals surface area contributed by atoms with Gasteiger partial charge in [0.05, 0.1) is 6.17 Å². The number of carbonyl (C=O) groups excluding carboxylic acids is 1. The molecule has 1 saturated heterocycles. The number of hydrogen-bond acceptors (Lipinski definition) is 6. The normalized spacial score (nSPS) is 33.7. The zero-order valence-corrected chi connectivity index (χ0v) is 14.4. The molecule has 4 aliphatic rings. The Morgan fingerprint density at radius 3 is 2.81 bits per heavy atom. The van der Waals surface area contributed by atoms with Gasteiger partial charge in [0.15, 0.2) is 0 Å². The molecule has 9 heteroatoms. The van der Waals surface area contributed by atoms with Crippen molar-refractivity contribution in [2.24, 2.45) is 0 Å². The second kappa shape index (κ2) is 6.73. The molecule has 1 fully saturated rings. The predicted octanol–water partition coefficient (Wildman–Crippen LogP) is 0.306. The molecule has 140 valence electrons. The van der Waals surface area contributed by atoms with Gasteiger partial charge in [0.2, 0.25) is 0 Å². The Kier molecular flexibility index (Phi) is 4.41. The number of rotatable bonds is 3. The molecule has 0 bridgehead atoms. The first kappa shape index (κ1) is 17.0. The molecule has 1 amide bonds. The summed E-state index contributed by atoms with van der Waals surface area (Å²) in [6, 6.07) is 0. The lowest BCUT2D eigenvalue weighted by Gasteiger charge is -2.38. The number of allylic oxidation sites excluding steroid dienone is 3. The summed E-state index contributed by atoms with van der Waals surface area (Å²) in [5.74, 6) is -0.683. The average molecular weight is 364 g/mol. The van der Waals surface area contributed by atoms with Gasteiger partial charge in [-0.1, -0.05) is 6.08 Å². The van der Waals surface area contributed by atoms with Crippen LogP contribution in [0.5, 0.6) is 0 Å². The van der Waals surface area contributed by atoms with Crippen molar-refractivity contribution >= 4 is 5.91 Å². The summed E-state index contributed by atoms with van der Waals surface area (Å²) < 4.78 is 26.5. The molecular weight excluding hydrogens is 342 g/mol. The number of hydrogen-bond donors (Lipinski definition) is 4. The predicted molar refractivity (Wildman–Crippen MR) is 92.0 cm³/mol. The minimum atomic E-state index is -0.808. The second-order valence-corrected chi connectivity index (χ2v) is 6.78. The summed E-state index contributed by atoms with van der Waals surface area (Å²) >= 11 is 0. The smallest absolute Gasteiger partial charge is 0.272 e. The van der Waals surface area contributed by atoms with E-state index in [1.54, 1.807) is 11.1 Å². The van der Waals surface area contributed by atoms with Crippen LogP contribution in [-0.4, -0.2) is 53.6 Å². The topological polar surface area (TPSA) is 71.7 Å². The number of alkyl halides is 1. The van der Waals surface area contributed by atoms with Gasteiger partial charge in [-0.25, -0.2) is 14.2 Å². The summed E-state index contributed by atoms with van der Waals surface area (Å²) in [5.41, 5.74) is 4.49. The molecule has 0 radical (unpaired) electrons. The highest BCUT2D eigenvalue weighted by Crippen LogP contribution is 2.25. The zero-order valence-electron chi connectivity index (χ0n) is 14.4. The van der Waals surface area contributed by atoms with E-state index in [1.807, 2.05) is 24.0 Å². The van der Waals surface area contributed by atoms with E-state index in [-0.39, 0.29) is 18.2 Å². The number of fused-ring (bicyclic) bond motifs is 1. The van der Waals surface area contributed by atoms with Crippen LogP contribution in [-0.2, 0) is 4.79 Å². The maximum atomic E-state index is 13.5. The van der Waals surface area contributed by atoms with Gasteiger partial charge in [-0.05, 0) is 31.6 Å². The third kappa shape index (κ3) is 3.19. The van der Waals surface area contributed by atoms with Crippen molar-refractivity contribution in [3.63, 3.8) is 0 Å². The lowest BCUT2D eigenvalue weighted by Crippen LogP contribution is -2.59. The molecule has 4 N–H and O–H groups in total. The zero-order chi connectivity index (χ0) is 18.3. The molecule has 26 heavy (non-hydrogen) atoms. The van der Waals surface area contributed by atoms with E-state index in [0.29, 0.717) is 25.2 Å². The SMILES string of the molecule is CC1=C(C(=O)NC2C=CC(F)=CN2)N2NC(N3CC[C@H](F)C3)C=CC2N1. The Hall–Kier alpha value is -2.39. The number of carbonyl (C=O) groups is 1. The fourth-order valence-corrected chi connectivity index (χ4v) is 3.59. The van der Waals surface area contributed by atoms with Crippen LogP contribution in [0.4, 0.5) is 8.78 Å². The van der Waals surface area contributed by atoms with Gasteiger partial charge in [-0.2, -0.15) is 0 Å². The second-order valence-electron chi connectivity index (χ2n) is 6.78. The van der Waals surface area contributed by atoms with Crippen molar-refractivity contribution in [2.45, 2.75) is 38.0 Å². The number of amides is 1. The number of nitrogens with one attached hydrogen (secondary N) is 4. The lowest BCUT2D eigenvalue weighted by molar-refractivity contribution is -0.120. The van der Waals surface area contributed by atoms with Gasteiger partial charge < -0.3 is 16.0 Å². The van der Waals surface area contributed by atoms with E-state index < -0.39 is 18.2 Å². The van der Waals surface area contributed by atoms with E-state index in [2.05, 4.69) is 21.4 Å². The van der Waals surface area contributed by atoms with Gasteiger partial charge in [-0.15, -0.1) is 0 Å². The van der Waals surface area contributed by atoms with Gasteiger partial charge in [0.25, 0.3) is 5.91 Å². The average Bonchev–Trinajstić information content (AvgIpc) is 3.18. The molecule has 0 aromatic carbocycles. The van der Waals surface area contributed by atoms with Crippen molar-refractivity contribution in [3.8, 4) is 0 Å². The van der Waals surface area contributed by atoms with Gasteiger partial charge in [0, 0.05) is 25.0 Å². The van der Waals surface area contributed by atoms with Crippen molar-refractivity contribution in [1.29, 1.82) is 0 Å². The minimum Gasteiger partial charge on any atom is -0.366 e. The molecule has 4 rings (SSSR count). The van der Waals surface area contributed by atoms with Gasteiger partial charge >= 0.3 is 0 Å². The molecule has 0 aromatic rings. The summed E-state index contributed by atoms with van der Waals surface area (Å²) in [4.78, 5) is 14.8. The quantitative estimate of drug-likeness (QED) is 0.541. The molecule has 0 aliphatic carbocycles.